The Bertz CT molecular complexity index is 784. The molecule has 32 heavy (non-hydrogen) atoms. The molecule has 0 saturated carbocycles. The smallest absolute Gasteiger partial charge is 0.136 e. The number of nitrogens with zero attached hydrogens (tertiary/aromatic N) is 3. The van der Waals surface area contributed by atoms with Crippen molar-refractivity contribution >= 4 is 5.69 Å². The van der Waals surface area contributed by atoms with Gasteiger partial charge in [-0.05, 0) is 56.8 Å². The summed E-state index contributed by atoms with van der Waals surface area (Å²) < 4.78 is 0. The zero-order valence-electron chi connectivity index (χ0n) is 18.6. The van der Waals surface area contributed by atoms with E-state index in [-0.39, 0.29) is 0 Å². The molecule has 5 atom stereocenters. The molecule has 9 heteroatoms. The Balaban J connectivity index is 1.23. The largest absolute Gasteiger partial charge is 0.379 e. The molecule has 3 fully saturated rings. The molecule has 5 rings (SSSR count). The maximum atomic E-state index is 11.0. The van der Waals surface area contributed by atoms with Gasteiger partial charge >= 0.3 is 0 Å². The van der Waals surface area contributed by atoms with Gasteiger partial charge in [0, 0.05) is 49.5 Å². The van der Waals surface area contributed by atoms with Gasteiger partial charge in [0.05, 0.1) is 6.04 Å². The van der Waals surface area contributed by atoms with Crippen LogP contribution in [0.15, 0.2) is 18.2 Å². The number of aliphatic hydroxyl groups excluding tert-OH is 4. The van der Waals surface area contributed by atoms with E-state index < -0.39 is 31.0 Å². The van der Waals surface area contributed by atoms with Crippen LogP contribution in [0.3, 0.4) is 0 Å². The van der Waals surface area contributed by atoms with Crippen molar-refractivity contribution in [1.82, 2.24) is 20.4 Å². The zero-order valence-corrected chi connectivity index (χ0v) is 18.6. The second-order valence-corrected chi connectivity index (χ2v) is 9.76. The number of aliphatic hydroxyl groups is 4. The summed E-state index contributed by atoms with van der Waals surface area (Å²) in [5.74, 6) is 0.802. The molecule has 0 spiro atoms. The molecule has 4 heterocycles. The Kier molecular flexibility index (Phi) is 6.69. The third-order valence-electron chi connectivity index (χ3n) is 7.75. The Morgan fingerprint density at radius 1 is 0.844 bits per heavy atom. The van der Waals surface area contributed by atoms with Gasteiger partial charge < -0.3 is 30.6 Å². The van der Waals surface area contributed by atoms with Gasteiger partial charge in [-0.15, -0.1) is 0 Å². The third kappa shape index (κ3) is 4.41. The summed E-state index contributed by atoms with van der Waals surface area (Å²) >= 11 is 0. The lowest BCUT2D eigenvalue weighted by Crippen LogP contribution is -2.57. The number of fused-ring (bicyclic) bond motifs is 1. The second kappa shape index (κ2) is 9.52. The van der Waals surface area contributed by atoms with Crippen LogP contribution < -0.4 is 15.5 Å². The monoisotopic (exact) mass is 447 g/mol. The summed E-state index contributed by atoms with van der Waals surface area (Å²) in [7, 11) is 0. The maximum absolute atomic E-state index is 11.0. The van der Waals surface area contributed by atoms with E-state index in [2.05, 4.69) is 20.4 Å². The lowest BCUT2D eigenvalue weighted by Gasteiger charge is -2.40. The standard InChI is InChI=1S/C23H37N5O4/c29-20-4-3-19(21(30)25-20)28-22(31)17-2-1-16(13-18(17)23(28)32)27-11-9-26(10-12-27)14-15-5-7-24-8-6-15/h1-2,13,15,19-25,29-32H,3-12,14H2. The average molecular weight is 448 g/mol. The fourth-order valence-corrected chi connectivity index (χ4v) is 5.84. The first-order valence-corrected chi connectivity index (χ1v) is 12.1. The van der Waals surface area contributed by atoms with Crippen LogP contribution in [0.2, 0.25) is 0 Å². The van der Waals surface area contributed by atoms with Crippen molar-refractivity contribution in [3.63, 3.8) is 0 Å². The molecule has 1 aromatic rings. The minimum absolute atomic E-state index is 0.459. The molecule has 178 valence electrons. The average Bonchev–Trinajstić information content (AvgIpc) is 3.05. The van der Waals surface area contributed by atoms with Gasteiger partial charge in [0.2, 0.25) is 0 Å². The highest BCUT2D eigenvalue weighted by Crippen LogP contribution is 2.44. The number of hydrogen-bond donors (Lipinski definition) is 6. The predicted molar refractivity (Wildman–Crippen MR) is 121 cm³/mol. The first-order valence-electron chi connectivity index (χ1n) is 12.1. The van der Waals surface area contributed by atoms with Gasteiger partial charge in [-0.25, -0.2) is 4.90 Å². The molecule has 0 amide bonds. The molecule has 0 aliphatic carbocycles. The summed E-state index contributed by atoms with van der Waals surface area (Å²) in [6, 6.07) is 5.44. The fourth-order valence-electron chi connectivity index (χ4n) is 5.84. The molecule has 4 aliphatic heterocycles. The summed E-state index contributed by atoms with van der Waals surface area (Å²) in [6.07, 6.45) is -0.252. The molecule has 6 N–H and O–H groups in total. The zero-order chi connectivity index (χ0) is 22.2. The molecular formula is C23H37N5O4. The summed E-state index contributed by atoms with van der Waals surface area (Å²) in [5, 5.41) is 48.1. The van der Waals surface area contributed by atoms with E-state index in [0.717, 1.165) is 50.9 Å². The Hall–Kier alpha value is -1.30. The minimum Gasteiger partial charge on any atom is -0.379 e. The van der Waals surface area contributed by atoms with Gasteiger partial charge in [-0.2, -0.15) is 0 Å². The molecule has 0 radical (unpaired) electrons. The van der Waals surface area contributed by atoms with Gasteiger partial charge in [0.15, 0.2) is 0 Å². The van der Waals surface area contributed by atoms with E-state index >= 15 is 0 Å². The Morgan fingerprint density at radius 3 is 2.28 bits per heavy atom. The highest BCUT2D eigenvalue weighted by Gasteiger charge is 2.45. The number of nitrogens with one attached hydrogen (secondary N) is 2. The molecule has 9 nitrogen and oxygen atoms in total. The van der Waals surface area contributed by atoms with E-state index in [0.29, 0.717) is 24.0 Å². The van der Waals surface area contributed by atoms with Crippen molar-refractivity contribution in [3.05, 3.63) is 29.3 Å². The molecule has 0 bridgehead atoms. The molecular weight excluding hydrogens is 410 g/mol. The number of piperidine rings is 2. The van der Waals surface area contributed by atoms with E-state index in [1.54, 1.807) is 4.90 Å². The van der Waals surface area contributed by atoms with Crippen molar-refractivity contribution in [1.29, 1.82) is 0 Å². The van der Waals surface area contributed by atoms with Crippen LogP contribution >= 0.6 is 0 Å². The summed E-state index contributed by atoms with van der Waals surface area (Å²) in [4.78, 5) is 6.48. The van der Waals surface area contributed by atoms with Crippen LogP contribution in [-0.2, 0) is 0 Å². The SMILES string of the molecule is OC1CCC(N2C(O)c3ccc(N4CCN(CC5CCNCC5)CC4)cc3C2O)C(O)N1. The Morgan fingerprint density at radius 2 is 1.56 bits per heavy atom. The lowest BCUT2D eigenvalue weighted by atomic mass is 9.97. The van der Waals surface area contributed by atoms with E-state index in [1.807, 2.05) is 18.2 Å². The summed E-state index contributed by atoms with van der Waals surface area (Å²) in [6.45, 7) is 7.46. The Labute approximate surface area is 189 Å². The van der Waals surface area contributed by atoms with E-state index in [4.69, 9.17) is 0 Å². The lowest BCUT2D eigenvalue weighted by molar-refractivity contribution is -0.159. The number of benzene rings is 1. The van der Waals surface area contributed by atoms with Gasteiger partial charge in [0.1, 0.15) is 24.9 Å². The number of piperazine rings is 1. The van der Waals surface area contributed by atoms with Crippen LogP contribution in [0.1, 0.15) is 49.3 Å². The topological polar surface area (TPSA) is 115 Å². The van der Waals surface area contributed by atoms with Gasteiger partial charge in [0.25, 0.3) is 0 Å². The van der Waals surface area contributed by atoms with E-state index in [9.17, 15) is 20.4 Å². The summed E-state index contributed by atoms with van der Waals surface area (Å²) in [5.41, 5.74) is 2.45. The molecule has 4 aliphatic rings. The number of hydrogen-bond acceptors (Lipinski definition) is 9. The normalized spacial score (nSPS) is 35.2. The fraction of sp³-hybridized carbons (Fsp3) is 0.739. The quantitative estimate of drug-likeness (QED) is 0.363. The first-order chi connectivity index (χ1) is 15.5. The molecule has 0 aromatic heterocycles. The molecule has 5 unspecified atom stereocenters. The highest BCUT2D eigenvalue weighted by molar-refractivity contribution is 5.53. The second-order valence-electron chi connectivity index (χ2n) is 9.76. The maximum Gasteiger partial charge on any atom is 0.136 e. The van der Waals surface area contributed by atoms with Crippen molar-refractivity contribution in [2.45, 2.75) is 56.6 Å². The van der Waals surface area contributed by atoms with Crippen molar-refractivity contribution in [2.24, 2.45) is 5.92 Å². The number of anilines is 1. The highest BCUT2D eigenvalue weighted by atomic mass is 16.3. The van der Waals surface area contributed by atoms with Crippen LogP contribution in [0.4, 0.5) is 5.69 Å². The third-order valence-corrected chi connectivity index (χ3v) is 7.75. The number of rotatable bonds is 4. The van der Waals surface area contributed by atoms with E-state index in [1.165, 1.54) is 19.4 Å². The molecule has 3 saturated heterocycles. The molecule has 1 aromatic carbocycles. The van der Waals surface area contributed by atoms with Crippen molar-refractivity contribution in [2.75, 3.05) is 50.7 Å². The van der Waals surface area contributed by atoms with Gasteiger partial charge in [-0.1, -0.05) is 6.07 Å². The van der Waals surface area contributed by atoms with Crippen LogP contribution in [0.5, 0.6) is 0 Å². The van der Waals surface area contributed by atoms with Crippen LogP contribution in [0, 0.1) is 5.92 Å². The minimum atomic E-state index is -1.01. The van der Waals surface area contributed by atoms with Crippen molar-refractivity contribution in [3.8, 4) is 0 Å². The van der Waals surface area contributed by atoms with Crippen LogP contribution in [-0.4, -0.2) is 94.5 Å². The van der Waals surface area contributed by atoms with Gasteiger partial charge in [-0.3, -0.25) is 10.2 Å². The first kappa shape index (κ1) is 22.5. The predicted octanol–water partition coefficient (Wildman–Crippen LogP) is -0.506. The van der Waals surface area contributed by atoms with Crippen LogP contribution in [0.25, 0.3) is 0 Å². The van der Waals surface area contributed by atoms with Crippen molar-refractivity contribution < 1.29 is 20.4 Å².